The van der Waals surface area contributed by atoms with Crippen LogP contribution in [-0.2, 0) is 13.0 Å². The number of nitrogens with two attached hydrogens (primary N) is 1. The highest BCUT2D eigenvalue weighted by Crippen LogP contribution is 2.10. The molecule has 0 radical (unpaired) electrons. The van der Waals surface area contributed by atoms with E-state index in [0.29, 0.717) is 12.4 Å². The third-order valence-electron chi connectivity index (χ3n) is 3.09. The van der Waals surface area contributed by atoms with Gasteiger partial charge in [-0.15, -0.1) is 0 Å². The van der Waals surface area contributed by atoms with Crippen LogP contribution in [0.4, 0.5) is 0 Å². The Balaban J connectivity index is 2.12. The fourth-order valence-electron chi connectivity index (χ4n) is 1.89. The first kappa shape index (κ1) is 13.5. The lowest BCUT2D eigenvalue weighted by molar-refractivity contribution is 0.395. The van der Waals surface area contributed by atoms with Gasteiger partial charge in [0.15, 0.2) is 0 Å². The highest BCUT2D eigenvalue weighted by Gasteiger charge is 2.08. The summed E-state index contributed by atoms with van der Waals surface area (Å²) in [5.74, 6) is 1.63. The summed E-state index contributed by atoms with van der Waals surface area (Å²) >= 11 is 0. The second-order valence-corrected chi connectivity index (χ2v) is 4.52. The molecule has 2 heterocycles. The number of ether oxygens (including phenoxy) is 1. The minimum absolute atomic E-state index is 0.152. The molecule has 0 amide bonds. The van der Waals surface area contributed by atoms with E-state index in [1.807, 2.05) is 24.4 Å². The summed E-state index contributed by atoms with van der Waals surface area (Å²) in [6.45, 7) is 2.77. The van der Waals surface area contributed by atoms with Crippen LogP contribution < -0.4 is 10.5 Å². The van der Waals surface area contributed by atoms with E-state index >= 15 is 0 Å². The van der Waals surface area contributed by atoms with Gasteiger partial charge in [-0.3, -0.25) is 0 Å². The fourth-order valence-corrected chi connectivity index (χ4v) is 1.89. The molecular formula is C14H20N4O. The molecule has 0 saturated carbocycles. The van der Waals surface area contributed by atoms with Crippen LogP contribution in [0.5, 0.6) is 5.88 Å². The molecule has 0 saturated heterocycles. The molecule has 0 aliphatic heterocycles. The van der Waals surface area contributed by atoms with E-state index in [1.54, 1.807) is 13.3 Å². The molecule has 2 rings (SSSR count). The number of nitrogens with zero attached hydrogens (tertiary/aromatic N) is 3. The van der Waals surface area contributed by atoms with Crippen molar-refractivity contribution in [2.24, 2.45) is 5.73 Å². The summed E-state index contributed by atoms with van der Waals surface area (Å²) in [7, 11) is 1.62. The molecule has 0 spiro atoms. The smallest absolute Gasteiger partial charge is 0.213 e. The van der Waals surface area contributed by atoms with Gasteiger partial charge in [0.1, 0.15) is 5.82 Å². The summed E-state index contributed by atoms with van der Waals surface area (Å²) in [5, 5.41) is 0. The summed E-state index contributed by atoms with van der Waals surface area (Å²) < 4.78 is 7.21. The van der Waals surface area contributed by atoms with Gasteiger partial charge in [0.05, 0.1) is 19.3 Å². The SMILES string of the molecule is CCC(N)Cc1nccn1Cc1cccc(OC)n1. The largest absolute Gasteiger partial charge is 0.481 e. The van der Waals surface area contributed by atoms with Gasteiger partial charge in [-0.1, -0.05) is 13.0 Å². The Bertz CT molecular complexity index is 524. The van der Waals surface area contributed by atoms with Gasteiger partial charge in [0.2, 0.25) is 5.88 Å². The monoisotopic (exact) mass is 260 g/mol. The van der Waals surface area contributed by atoms with Crippen molar-refractivity contribution in [2.75, 3.05) is 7.11 Å². The maximum absolute atomic E-state index is 5.98. The van der Waals surface area contributed by atoms with Crippen LogP contribution in [0.15, 0.2) is 30.6 Å². The average Bonchev–Trinajstić information content (AvgIpc) is 2.86. The van der Waals surface area contributed by atoms with Crippen LogP contribution in [0.25, 0.3) is 0 Å². The molecule has 0 aromatic carbocycles. The van der Waals surface area contributed by atoms with E-state index in [2.05, 4.69) is 21.5 Å². The highest BCUT2D eigenvalue weighted by molar-refractivity contribution is 5.16. The van der Waals surface area contributed by atoms with Crippen LogP contribution >= 0.6 is 0 Å². The topological polar surface area (TPSA) is 66.0 Å². The third-order valence-corrected chi connectivity index (χ3v) is 3.09. The number of rotatable bonds is 6. The number of methoxy groups -OCH3 is 1. The van der Waals surface area contributed by atoms with E-state index in [-0.39, 0.29) is 6.04 Å². The molecule has 2 aromatic heterocycles. The number of imidazole rings is 1. The van der Waals surface area contributed by atoms with E-state index in [1.165, 1.54) is 0 Å². The molecular weight excluding hydrogens is 240 g/mol. The number of hydrogen-bond acceptors (Lipinski definition) is 4. The fraction of sp³-hybridized carbons (Fsp3) is 0.429. The molecule has 5 heteroatoms. The van der Waals surface area contributed by atoms with Crippen molar-refractivity contribution in [3.8, 4) is 5.88 Å². The first-order valence-corrected chi connectivity index (χ1v) is 6.48. The zero-order valence-electron chi connectivity index (χ0n) is 11.4. The van der Waals surface area contributed by atoms with Crippen molar-refractivity contribution >= 4 is 0 Å². The Hall–Kier alpha value is -1.88. The van der Waals surface area contributed by atoms with Gasteiger partial charge in [0, 0.05) is 30.9 Å². The van der Waals surface area contributed by atoms with Gasteiger partial charge < -0.3 is 15.0 Å². The lowest BCUT2D eigenvalue weighted by atomic mass is 10.1. The number of hydrogen-bond donors (Lipinski definition) is 1. The molecule has 0 bridgehead atoms. The zero-order valence-corrected chi connectivity index (χ0v) is 11.4. The van der Waals surface area contributed by atoms with Crippen LogP contribution in [0.3, 0.4) is 0 Å². The molecule has 0 aliphatic rings. The van der Waals surface area contributed by atoms with Crippen molar-refractivity contribution in [3.63, 3.8) is 0 Å². The number of pyridine rings is 1. The van der Waals surface area contributed by atoms with Gasteiger partial charge in [-0.05, 0) is 12.5 Å². The average molecular weight is 260 g/mol. The Morgan fingerprint density at radius 2 is 2.26 bits per heavy atom. The second kappa shape index (κ2) is 6.33. The minimum atomic E-state index is 0.152. The van der Waals surface area contributed by atoms with E-state index in [4.69, 9.17) is 10.5 Å². The summed E-state index contributed by atoms with van der Waals surface area (Å²) in [6, 6.07) is 5.91. The molecule has 0 aliphatic carbocycles. The van der Waals surface area contributed by atoms with E-state index < -0.39 is 0 Å². The standard InChI is InChI=1S/C14H20N4O/c1-3-11(15)9-13-16-7-8-18(13)10-12-5-4-6-14(17-12)19-2/h4-8,11H,3,9-10,15H2,1-2H3. The Morgan fingerprint density at radius 3 is 3.00 bits per heavy atom. The van der Waals surface area contributed by atoms with Crippen molar-refractivity contribution in [3.05, 3.63) is 42.1 Å². The molecule has 1 atom stereocenters. The normalized spacial score (nSPS) is 12.4. The first-order valence-electron chi connectivity index (χ1n) is 6.48. The molecule has 2 aromatic rings. The zero-order chi connectivity index (χ0) is 13.7. The van der Waals surface area contributed by atoms with Crippen LogP contribution in [0, 0.1) is 0 Å². The lowest BCUT2D eigenvalue weighted by Gasteiger charge is -2.11. The van der Waals surface area contributed by atoms with Crippen molar-refractivity contribution in [1.29, 1.82) is 0 Å². The van der Waals surface area contributed by atoms with Gasteiger partial charge in [-0.25, -0.2) is 9.97 Å². The van der Waals surface area contributed by atoms with Crippen LogP contribution in [-0.4, -0.2) is 27.7 Å². The molecule has 102 valence electrons. The van der Waals surface area contributed by atoms with E-state index in [9.17, 15) is 0 Å². The van der Waals surface area contributed by atoms with Crippen LogP contribution in [0.1, 0.15) is 24.9 Å². The Labute approximate surface area is 113 Å². The van der Waals surface area contributed by atoms with Gasteiger partial charge >= 0.3 is 0 Å². The lowest BCUT2D eigenvalue weighted by Crippen LogP contribution is -2.23. The van der Waals surface area contributed by atoms with Crippen molar-refractivity contribution in [1.82, 2.24) is 14.5 Å². The quantitative estimate of drug-likeness (QED) is 0.857. The number of aromatic nitrogens is 3. The predicted molar refractivity (Wildman–Crippen MR) is 74.1 cm³/mol. The molecule has 1 unspecified atom stereocenters. The highest BCUT2D eigenvalue weighted by atomic mass is 16.5. The molecule has 0 fully saturated rings. The first-order chi connectivity index (χ1) is 9.22. The van der Waals surface area contributed by atoms with Gasteiger partial charge in [-0.2, -0.15) is 0 Å². The maximum Gasteiger partial charge on any atom is 0.213 e. The van der Waals surface area contributed by atoms with Crippen LogP contribution in [0.2, 0.25) is 0 Å². The summed E-state index contributed by atoms with van der Waals surface area (Å²) in [4.78, 5) is 8.77. The second-order valence-electron chi connectivity index (χ2n) is 4.52. The third kappa shape index (κ3) is 3.54. The maximum atomic E-state index is 5.98. The Kier molecular flexibility index (Phi) is 4.52. The Morgan fingerprint density at radius 1 is 1.42 bits per heavy atom. The molecule has 5 nitrogen and oxygen atoms in total. The van der Waals surface area contributed by atoms with Crippen molar-refractivity contribution in [2.45, 2.75) is 32.4 Å². The van der Waals surface area contributed by atoms with E-state index in [0.717, 1.165) is 24.4 Å². The summed E-state index contributed by atoms with van der Waals surface area (Å²) in [5.41, 5.74) is 6.93. The molecule has 2 N–H and O–H groups in total. The summed E-state index contributed by atoms with van der Waals surface area (Å²) in [6.07, 6.45) is 5.49. The molecule has 19 heavy (non-hydrogen) atoms. The van der Waals surface area contributed by atoms with Gasteiger partial charge in [0.25, 0.3) is 0 Å². The minimum Gasteiger partial charge on any atom is -0.481 e. The van der Waals surface area contributed by atoms with Crippen molar-refractivity contribution < 1.29 is 4.74 Å². The predicted octanol–water partition coefficient (Wildman–Crippen LogP) is 1.61.